The van der Waals surface area contributed by atoms with Crippen molar-refractivity contribution < 1.29 is 9.21 Å². The van der Waals surface area contributed by atoms with E-state index in [9.17, 15) is 4.79 Å². The van der Waals surface area contributed by atoms with Crippen molar-refractivity contribution >= 4 is 22.7 Å². The first-order valence-electron chi connectivity index (χ1n) is 8.04. The predicted octanol–water partition coefficient (Wildman–Crippen LogP) is 5.06. The van der Waals surface area contributed by atoms with E-state index in [4.69, 9.17) is 4.42 Å². The molecule has 3 aromatic carbocycles. The summed E-state index contributed by atoms with van der Waals surface area (Å²) in [4.78, 5) is 16.8. The van der Waals surface area contributed by atoms with Gasteiger partial charge in [0.25, 0.3) is 5.91 Å². The lowest BCUT2D eigenvalue weighted by Crippen LogP contribution is -2.12. The number of fused-ring (bicyclic) bond motifs is 1. The average molecular weight is 328 g/mol. The number of amides is 1. The van der Waals surface area contributed by atoms with E-state index in [1.165, 1.54) is 0 Å². The van der Waals surface area contributed by atoms with Gasteiger partial charge in [-0.15, -0.1) is 0 Å². The molecule has 4 nitrogen and oxygen atoms in total. The number of carbonyl (C=O) groups is 1. The molecule has 0 bridgehead atoms. The van der Waals surface area contributed by atoms with Crippen LogP contribution in [0.25, 0.3) is 22.6 Å². The summed E-state index contributed by atoms with van der Waals surface area (Å²) in [6.07, 6.45) is 0. The third kappa shape index (κ3) is 3.02. The van der Waals surface area contributed by atoms with Gasteiger partial charge in [-0.1, -0.05) is 30.3 Å². The molecule has 122 valence electrons. The van der Waals surface area contributed by atoms with Crippen LogP contribution in [0, 0.1) is 6.92 Å². The number of aryl methyl sites for hydroxylation is 1. The quantitative estimate of drug-likeness (QED) is 0.572. The molecule has 4 rings (SSSR count). The number of nitrogens with one attached hydrogen (secondary N) is 1. The topological polar surface area (TPSA) is 55.1 Å². The molecule has 0 spiro atoms. The van der Waals surface area contributed by atoms with Gasteiger partial charge in [0.05, 0.1) is 0 Å². The number of rotatable bonds is 3. The molecular formula is C21H16N2O2. The molecule has 1 N–H and O–H groups in total. The van der Waals surface area contributed by atoms with Crippen molar-refractivity contribution in [3.05, 3.63) is 83.9 Å². The summed E-state index contributed by atoms with van der Waals surface area (Å²) in [5.41, 5.74) is 4.82. The lowest BCUT2D eigenvalue weighted by Gasteiger charge is -2.09. The maximum atomic E-state index is 12.3. The van der Waals surface area contributed by atoms with Crippen LogP contribution in [-0.4, -0.2) is 10.9 Å². The molecule has 1 amide bonds. The summed E-state index contributed by atoms with van der Waals surface area (Å²) in [6, 6.07) is 22.6. The van der Waals surface area contributed by atoms with E-state index in [2.05, 4.69) is 10.3 Å². The summed E-state index contributed by atoms with van der Waals surface area (Å²) in [6.45, 7) is 1.95. The second-order valence-corrected chi connectivity index (χ2v) is 5.84. The SMILES string of the molecule is Cc1cc(-c2nc3ccccc3o2)ccc1NC(=O)c1ccccc1. The number of nitrogens with zero attached hydrogens (tertiary/aromatic N) is 1. The van der Waals surface area contributed by atoms with Crippen molar-refractivity contribution in [1.29, 1.82) is 0 Å². The van der Waals surface area contributed by atoms with Crippen molar-refractivity contribution in [2.45, 2.75) is 6.92 Å². The predicted molar refractivity (Wildman–Crippen MR) is 98.6 cm³/mol. The average Bonchev–Trinajstić information content (AvgIpc) is 3.08. The highest BCUT2D eigenvalue weighted by Gasteiger charge is 2.11. The maximum absolute atomic E-state index is 12.3. The Morgan fingerprint density at radius 2 is 1.72 bits per heavy atom. The molecule has 0 aliphatic carbocycles. The molecule has 4 aromatic rings. The zero-order chi connectivity index (χ0) is 17.2. The fourth-order valence-corrected chi connectivity index (χ4v) is 2.72. The molecule has 25 heavy (non-hydrogen) atoms. The number of aromatic nitrogens is 1. The Morgan fingerprint density at radius 3 is 2.48 bits per heavy atom. The molecule has 1 aromatic heterocycles. The van der Waals surface area contributed by atoms with Crippen molar-refractivity contribution in [2.75, 3.05) is 5.32 Å². The van der Waals surface area contributed by atoms with Crippen LogP contribution < -0.4 is 5.32 Å². The highest BCUT2D eigenvalue weighted by Crippen LogP contribution is 2.27. The number of hydrogen-bond acceptors (Lipinski definition) is 3. The molecule has 0 fully saturated rings. The molecule has 0 atom stereocenters. The van der Waals surface area contributed by atoms with Gasteiger partial charge in [0.1, 0.15) is 5.52 Å². The molecule has 0 radical (unpaired) electrons. The smallest absolute Gasteiger partial charge is 0.255 e. The van der Waals surface area contributed by atoms with Gasteiger partial charge in [-0.2, -0.15) is 0 Å². The lowest BCUT2D eigenvalue weighted by molar-refractivity contribution is 0.102. The molecule has 4 heteroatoms. The van der Waals surface area contributed by atoms with E-state index in [1.54, 1.807) is 12.1 Å². The van der Waals surface area contributed by atoms with E-state index in [0.717, 1.165) is 27.9 Å². The lowest BCUT2D eigenvalue weighted by atomic mass is 10.1. The van der Waals surface area contributed by atoms with Gasteiger partial charge in [0.2, 0.25) is 5.89 Å². The first-order valence-corrected chi connectivity index (χ1v) is 8.04. The van der Waals surface area contributed by atoms with Crippen LogP contribution in [0.3, 0.4) is 0 Å². The Hall–Kier alpha value is -3.40. The molecule has 1 heterocycles. The number of hydrogen-bond donors (Lipinski definition) is 1. The van der Waals surface area contributed by atoms with E-state index in [-0.39, 0.29) is 5.91 Å². The van der Waals surface area contributed by atoms with E-state index >= 15 is 0 Å². The third-order valence-electron chi connectivity index (χ3n) is 4.05. The monoisotopic (exact) mass is 328 g/mol. The summed E-state index contributed by atoms with van der Waals surface area (Å²) in [7, 11) is 0. The summed E-state index contributed by atoms with van der Waals surface area (Å²) in [5.74, 6) is 0.448. The van der Waals surface area contributed by atoms with Gasteiger partial charge in [-0.3, -0.25) is 4.79 Å². The minimum Gasteiger partial charge on any atom is -0.436 e. The van der Waals surface area contributed by atoms with Crippen LogP contribution in [0.4, 0.5) is 5.69 Å². The molecule has 0 aliphatic rings. The number of oxazole rings is 1. The third-order valence-corrected chi connectivity index (χ3v) is 4.05. The Bertz CT molecular complexity index is 1020. The molecule has 0 saturated carbocycles. The first-order chi connectivity index (χ1) is 12.2. The maximum Gasteiger partial charge on any atom is 0.255 e. The van der Waals surface area contributed by atoms with Gasteiger partial charge in [-0.05, 0) is 55.0 Å². The van der Waals surface area contributed by atoms with E-state index in [1.807, 2.05) is 67.6 Å². The Kier molecular flexibility index (Phi) is 3.78. The molecule has 0 unspecified atom stereocenters. The fourth-order valence-electron chi connectivity index (χ4n) is 2.72. The van der Waals surface area contributed by atoms with Crippen molar-refractivity contribution in [2.24, 2.45) is 0 Å². The van der Waals surface area contributed by atoms with E-state index < -0.39 is 0 Å². The van der Waals surface area contributed by atoms with E-state index in [0.29, 0.717) is 11.5 Å². The molecular weight excluding hydrogens is 312 g/mol. The normalized spacial score (nSPS) is 10.8. The minimum absolute atomic E-state index is 0.127. The number of carbonyl (C=O) groups excluding carboxylic acids is 1. The zero-order valence-electron chi connectivity index (χ0n) is 13.7. The van der Waals surface area contributed by atoms with Crippen LogP contribution in [-0.2, 0) is 0 Å². The van der Waals surface area contributed by atoms with Gasteiger partial charge in [-0.25, -0.2) is 4.98 Å². The standard InChI is InChI=1S/C21H16N2O2/c1-14-13-16(21-23-18-9-5-6-10-19(18)25-21)11-12-17(14)22-20(24)15-7-3-2-4-8-15/h2-13H,1H3,(H,22,24). The van der Waals surface area contributed by atoms with Crippen LogP contribution >= 0.6 is 0 Å². The van der Waals surface area contributed by atoms with Gasteiger partial charge in [0, 0.05) is 16.8 Å². The second kappa shape index (κ2) is 6.24. The fraction of sp³-hybridized carbons (Fsp3) is 0.0476. The molecule has 0 aliphatic heterocycles. The minimum atomic E-state index is -0.127. The number of anilines is 1. The van der Waals surface area contributed by atoms with Crippen molar-refractivity contribution in [3.63, 3.8) is 0 Å². The van der Waals surface area contributed by atoms with Crippen LogP contribution in [0.1, 0.15) is 15.9 Å². The van der Waals surface area contributed by atoms with Gasteiger partial charge < -0.3 is 9.73 Å². The second-order valence-electron chi connectivity index (χ2n) is 5.84. The summed E-state index contributed by atoms with van der Waals surface area (Å²) >= 11 is 0. The highest BCUT2D eigenvalue weighted by atomic mass is 16.3. The number of para-hydroxylation sites is 2. The van der Waals surface area contributed by atoms with Crippen LogP contribution in [0.2, 0.25) is 0 Å². The highest BCUT2D eigenvalue weighted by molar-refractivity contribution is 6.04. The largest absolute Gasteiger partial charge is 0.436 e. The Balaban J connectivity index is 1.61. The summed E-state index contributed by atoms with van der Waals surface area (Å²) in [5, 5.41) is 2.94. The molecule has 0 saturated heterocycles. The number of benzene rings is 3. The Morgan fingerprint density at radius 1 is 0.960 bits per heavy atom. The zero-order valence-corrected chi connectivity index (χ0v) is 13.7. The van der Waals surface area contributed by atoms with Gasteiger partial charge in [0.15, 0.2) is 5.58 Å². The summed E-state index contributed by atoms with van der Waals surface area (Å²) < 4.78 is 5.80. The Labute approximate surface area is 145 Å². The van der Waals surface area contributed by atoms with Crippen LogP contribution in [0.15, 0.2) is 77.2 Å². The van der Waals surface area contributed by atoms with Gasteiger partial charge >= 0.3 is 0 Å². The van der Waals surface area contributed by atoms with Crippen molar-refractivity contribution in [1.82, 2.24) is 4.98 Å². The first kappa shape index (κ1) is 15.1. The van der Waals surface area contributed by atoms with Crippen molar-refractivity contribution in [3.8, 4) is 11.5 Å². The van der Waals surface area contributed by atoms with Crippen LogP contribution in [0.5, 0.6) is 0 Å².